The molecule has 3 aromatic rings. The summed E-state index contributed by atoms with van der Waals surface area (Å²) >= 11 is 0. The second-order valence-corrected chi connectivity index (χ2v) is 4.13. The van der Waals surface area contributed by atoms with Crippen LogP contribution in [0.5, 0.6) is 5.88 Å². The molecule has 3 heterocycles. The van der Waals surface area contributed by atoms with Gasteiger partial charge in [-0.2, -0.15) is 5.10 Å². The van der Waals surface area contributed by atoms with E-state index < -0.39 is 6.67 Å². The van der Waals surface area contributed by atoms with Gasteiger partial charge >= 0.3 is 0 Å². The summed E-state index contributed by atoms with van der Waals surface area (Å²) in [5.74, 6) is 0.946. The van der Waals surface area contributed by atoms with E-state index in [9.17, 15) is 4.39 Å². The molecule has 0 atom stereocenters. The molecule has 0 aliphatic carbocycles. The van der Waals surface area contributed by atoms with E-state index in [0.717, 1.165) is 5.69 Å². The molecule has 0 unspecified atom stereocenters. The molecular formula is C11H12FN7O. The third-order valence-corrected chi connectivity index (χ3v) is 2.71. The van der Waals surface area contributed by atoms with E-state index in [1.54, 1.807) is 16.9 Å². The molecule has 0 aliphatic heterocycles. The average molecular weight is 277 g/mol. The Morgan fingerprint density at radius 3 is 3.15 bits per heavy atom. The summed E-state index contributed by atoms with van der Waals surface area (Å²) in [6.45, 7) is 1.64. The van der Waals surface area contributed by atoms with Crippen molar-refractivity contribution in [3.63, 3.8) is 0 Å². The fraction of sp³-hybridized carbons (Fsp3) is 0.364. The van der Waals surface area contributed by atoms with Crippen molar-refractivity contribution in [2.75, 3.05) is 6.67 Å². The highest BCUT2D eigenvalue weighted by molar-refractivity contribution is 5.53. The second-order valence-electron chi connectivity index (χ2n) is 4.13. The number of rotatable bonds is 5. The van der Waals surface area contributed by atoms with Gasteiger partial charge in [-0.3, -0.25) is 0 Å². The number of fused-ring (bicyclic) bond motifs is 1. The lowest BCUT2D eigenvalue weighted by Crippen LogP contribution is -2.11. The lowest BCUT2D eigenvalue weighted by atomic mass is 10.4. The van der Waals surface area contributed by atoms with Crippen LogP contribution in [0.15, 0.2) is 18.7 Å². The van der Waals surface area contributed by atoms with Crippen molar-refractivity contribution in [1.29, 1.82) is 0 Å². The molecule has 0 bridgehead atoms. The van der Waals surface area contributed by atoms with Crippen molar-refractivity contribution in [1.82, 2.24) is 34.6 Å². The topological polar surface area (TPSA) is 83.0 Å². The number of aryl methyl sites for hydroxylation is 2. The Morgan fingerprint density at radius 2 is 2.30 bits per heavy atom. The first-order chi connectivity index (χ1) is 9.78. The number of aromatic nitrogens is 7. The minimum atomic E-state index is -0.504. The highest BCUT2D eigenvalue weighted by atomic mass is 19.1. The molecule has 0 N–H and O–H groups in total. The lowest BCUT2D eigenvalue weighted by molar-refractivity contribution is 0.274. The fourth-order valence-electron chi connectivity index (χ4n) is 1.82. The van der Waals surface area contributed by atoms with Crippen LogP contribution < -0.4 is 4.74 Å². The standard InChI is InChI=1S/C11H12FN7O/c1-8-5-19-9(4-14-17-19)11(16-8)20-6-10-13-7-15-18(10)3-2-12/h4-5,7H,2-3,6H2,1H3. The largest absolute Gasteiger partial charge is 0.468 e. The van der Waals surface area contributed by atoms with E-state index in [2.05, 4.69) is 25.4 Å². The lowest BCUT2D eigenvalue weighted by Gasteiger charge is -2.07. The number of halogens is 1. The number of nitrogens with zero attached hydrogens (tertiary/aromatic N) is 7. The summed E-state index contributed by atoms with van der Waals surface area (Å²) in [6, 6.07) is 0. The number of ether oxygens (including phenoxy) is 1. The smallest absolute Gasteiger partial charge is 0.242 e. The molecular weight excluding hydrogens is 265 g/mol. The van der Waals surface area contributed by atoms with Gasteiger partial charge in [0.25, 0.3) is 0 Å². The van der Waals surface area contributed by atoms with Gasteiger partial charge in [0.2, 0.25) is 5.88 Å². The first-order valence-electron chi connectivity index (χ1n) is 6.01. The van der Waals surface area contributed by atoms with Crippen LogP contribution in [0.2, 0.25) is 0 Å². The van der Waals surface area contributed by atoms with Crippen LogP contribution in [0.3, 0.4) is 0 Å². The zero-order valence-electron chi connectivity index (χ0n) is 10.8. The monoisotopic (exact) mass is 277 g/mol. The van der Waals surface area contributed by atoms with Gasteiger partial charge in [0.15, 0.2) is 5.82 Å². The molecule has 0 spiro atoms. The predicted octanol–water partition coefficient (Wildman–Crippen LogP) is 0.573. The van der Waals surface area contributed by atoms with Gasteiger partial charge in [0.1, 0.15) is 25.1 Å². The molecule has 9 heteroatoms. The highest BCUT2D eigenvalue weighted by Crippen LogP contribution is 2.17. The van der Waals surface area contributed by atoms with Gasteiger partial charge in [-0.25, -0.2) is 23.6 Å². The summed E-state index contributed by atoms with van der Waals surface area (Å²) in [6.07, 6.45) is 4.68. The first-order valence-corrected chi connectivity index (χ1v) is 6.01. The molecule has 3 aromatic heterocycles. The number of hydrogen-bond acceptors (Lipinski definition) is 6. The summed E-state index contributed by atoms with van der Waals surface area (Å²) in [7, 11) is 0. The Labute approximate surface area is 113 Å². The van der Waals surface area contributed by atoms with Gasteiger partial charge < -0.3 is 4.74 Å². The van der Waals surface area contributed by atoms with Crippen molar-refractivity contribution in [3.8, 4) is 5.88 Å². The van der Waals surface area contributed by atoms with Crippen LogP contribution >= 0.6 is 0 Å². The highest BCUT2D eigenvalue weighted by Gasteiger charge is 2.10. The summed E-state index contributed by atoms with van der Waals surface area (Å²) in [4.78, 5) is 8.33. The number of alkyl halides is 1. The van der Waals surface area contributed by atoms with Crippen LogP contribution in [0.4, 0.5) is 4.39 Å². The molecule has 0 saturated carbocycles. The maximum Gasteiger partial charge on any atom is 0.242 e. The van der Waals surface area contributed by atoms with E-state index in [0.29, 0.717) is 17.2 Å². The van der Waals surface area contributed by atoms with Crippen LogP contribution in [-0.2, 0) is 13.2 Å². The van der Waals surface area contributed by atoms with Crippen molar-refractivity contribution in [2.45, 2.75) is 20.1 Å². The Hall–Kier alpha value is -2.58. The summed E-state index contributed by atoms with van der Waals surface area (Å²) in [5, 5.41) is 11.6. The quantitative estimate of drug-likeness (QED) is 0.678. The van der Waals surface area contributed by atoms with E-state index in [1.807, 2.05) is 6.92 Å². The third kappa shape index (κ3) is 2.29. The Morgan fingerprint density at radius 1 is 1.40 bits per heavy atom. The van der Waals surface area contributed by atoms with Crippen LogP contribution in [0, 0.1) is 6.92 Å². The van der Waals surface area contributed by atoms with Crippen molar-refractivity contribution in [2.24, 2.45) is 0 Å². The average Bonchev–Trinajstić information content (AvgIpc) is 3.05. The molecule has 0 aromatic carbocycles. The molecule has 0 amide bonds. The van der Waals surface area contributed by atoms with E-state index in [-0.39, 0.29) is 13.2 Å². The first kappa shape index (κ1) is 12.5. The molecule has 104 valence electrons. The molecule has 0 aliphatic rings. The van der Waals surface area contributed by atoms with Crippen LogP contribution in [0.25, 0.3) is 5.52 Å². The molecule has 0 saturated heterocycles. The van der Waals surface area contributed by atoms with E-state index in [1.165, 1.54) is 11.0 Å². The molecule has 8 nitrogen and oxygen atoms in total. The minimum absolute atomic E-state index is 0.150. The summed E-state index contributed by atoms with van der Waals surface area (Å²) in [5.41, 5.74) is 1.41. The van der Waals surface area contributed by atoms with E-state index in [4.69, 9.17) is 4.74 Å². The minimum Gasteiger partial charge on any atom is -0.468 e. The van der Waals surface area contributed by atoms with Gasteiger partial charge in [0, 0.05) is 0 Å². The number of hydrogen-bond donors (Lipinski definition) is 0. The van der Waals surface area contributed by atoms with Gasteiger partial charge in [-0.05, 0) is 6.92 Å². The van der Waals surface area contributed by atoms with Crippen molar-refractivity contribution in [3.05, 3.63) is 30.2 Å². The van der Waals surface area contributed by atoms with Crippen LogP contribution in [0.1, 0.15) is 11.5 Å². The second kappa shape index (κ2) is 5.19. The van der Waals surface area contributed by atoms with Gasteiger partial charge in [-0.15, -0.1) is 5.10 Å². The van der Waals surface area contributed by atoms with Crippen molar-refractivity contribution >= 4 is 5.52 Å². The summed E-state index contributed by atoms with van der Waals surface area (Å²) < 4.78 is 21.0. The van der Waals surface area contributed by atoms with Crippen LogP contribution in [-0.4, -0.2) is 41.3 Å². The maximum atomic E-state index is 12.4. The third-order valence-electron chi connectivity index (χ3n) is 2.71. The Balaban J connectivity index is 1.83. The zero-order valence-corrected chi connectivity index (χ0v) is 10.8. The Bertz CT molecular complexity index is 722. The van der Waals surface area contributed by atoms with E-state index >= 15 is 0 Å². The molecule has 0 radical (unpaired) electrons. The normalized spacial score (nSPS) is 11.1. The van der Waals surface area contributed by atoms with Gasteiger partial charge in [0.05, 0.1) is 24.6 Å². The maximum absolute atomic E-state index is 12.4. The predicted molar refractivity (Wildman–Crippen MR) is 65.8 cm³/mol. The fourth-order valence-corrected chi connectivity index (χ4v) is 1.82. The molecule has 20 heavy (non-hydrogen) atoms. The zero-order chi connectivity index (χ0) is 13.9. The molecule has 3 rings (SSSR count). The molecule has 0 fully saturated rings. The Kier molecular flexibility index (Phi) is 3.23. The SMILES string of the molecule is Cc1cn2nncc2c(OCc2ncnn2CCF)n1. The van der Waals surface area contributed by atoms with Crippen molar-refractivity contribution < 1.29 is 9.13 Å². The van der Waals surface area contributed by atoms with Gasteiger partial charge in [-0.1, -0.05) is 5.21 Å².